The van der Waals surface area contributed by atoms with E-state index in [-0.39, 0.29) is 11.9 Å². The smallest absolute Gasteiger partial charge is 0.274 e. The van der Waals surface area contributed by atoms with Crippen molar-refractivity contribution in [3.8, 4) is 5.19 Å². The van der Waals surface area contributed by atoms with Gasteiger partial charge in [0.2, 0.25) is 0 Å². The van der Waals surface area contributed by atoms with Crippen LogP contribution in [-0.4, -0.2) is 36.9 Å². The van der Waals surface area contributed by atoms with E-state index in [2.05, 4.69) is 20.9 Å². The summed E-state index contributed by atoms with van der Waals surface area (Å²) in [4.78, 5) is 4.21. The maximum absolute atomic E-state index is 13.7. The number of sulfonamides is 1. The molecule has 3 heterocycles. The minimum Gasteiger partial charge on any atom is -0.467 e. The van der Waals surface area contributed by atoms with Gasteiger partial charge in [0.25, 0.3) is 15.2 Å². The molecule has 138 valence electrons. The Labute approximate surface area is 166 Å². The van der Waals surface area contributed by atoms with Crippen molar-refractivity contribution in [3.63, 3.8) is 0 Å². The normalized spacial score (nSPS) is 17.0. The van der Waals surface area contributed by atoms with Crippen LogP contribution in [-0.2, 0) is 10.0 Å². The second kappa shape index (κ2) is 7.16. The van der Waals surface area contributed by atoms with E-state index in [0.717, 1.165) is 8.49 Å². The molecule has 5 nitrogen and oxygen atoms in total. The Bertz CT molecular complexity index is 1040. The van der Waals surface area contributed by atoms with E-state index in [4.69, 9.17) is 4.74 Å². The van der Waals surface area contributed by atoms with Gasteiger partial charge < -0.3 is 4.74 Å². The van der Waals surface area contributed by atoms with Crippen LogP contribution in [0.3, 0.4) is 0 Å². The number of hydrogen-bond donors (Lipinski definition) is 0. The molecule has 0 atom stereocenters. The van der Waals surface area contributed by atoms with Crippen LogP contribution in [0.1, 0.15) is 12.8 Å². The van der Waals surface area contributed by atoms with Gasteiger partial charge in [-0.3, -0.25) is 0 Å². The summed E-state index contributed by atoms with van der Waals surface area (Å²) in [5.41, 5.74) is 0.316. The summed E-state index contributed by atoms with van der Waals surface area (Å²) in [5, 5.41) is 0.425. The summed E-state index contributed by atoms with van der Waals surface area (Å²) >= 11 is 5.81. The molecule has 1 aromatic carbocycles. The van der Waals surface area contributed by atoms with Crippen molar-refractivity contribution in [2.24, 2.45) is 0 Å². The number of thiophene rings is 1. The molecule has 4 rings (SSSR count). The molecule has 3 aromatic rings. The largest absolute Gasteiger partial charge is 0.467 e. The van der Waals surface area contributed by atoms with Crippen LogP contribution in [0.4, 0.5) is 4.39 Å². The average molecular weight is 477 g/mol. The van der Waals surface area contributed by atoms with Gasteiger partial charge in [0.15, 0.2) is 0 Å². The summed E-state index contributed by atoms with van der Waals surface area (Å²) in [6.45, 7) is 0.781. The molecule has 0 aliphatic carbocycles. The van der Waals surface area contributed by atoms with Crippen molar-refractivity contribution < 1.29 is 17.5 Å². The van der Waals surface area contributed by atoms with Crippen LogP contribution in [0.25, 0.3) is 10.2 Å². The third-order valence-electron chi connectivity index (χ3n) is 4.16. The van der Waals surface area contributed by atoms with Gasteiger partial charge in [-0.25, -0.2) is 12.8 Å². The standard InChI is InChI=1S/C16H14BrFN2O3S3/c17-13-4-5-14(25-13)26(21,22)20-8-6-10(7-9-20)23-16-19-15-11(18)2-1-3-12(15)24-16/h1-5,10H,6-9H2. The zero-order valence-corrected chi connectivity index (χ0v) is 17.4. The van der Waals surface area contributed by atoms with Crippen molar-refractivity contribution in [2.45, 2.75) is 23.2 Å². The van der Waals surface area contributed by atoms with Gasteiger partial charge >= 0.3 is 0 Å². The number of aromatic nitrogens is 1. The number of fused-ring (bicyclic) bond motifs is 1. The number of para-hydroxylation sites is 1. The number of rotatable bonds is 4. The van der Waals surface area contributed by atoms with E-state index in [1.807, 2.05) is 0 Å². The Morgan fingerprint density at radius 2 is 1.96 bits per heavy atom. The fraction of sp³-hybridized carbons (Fsp3) is 0.312. The molecule has 26 heavy (non-hydrogen) atoms. The lowest BCUT2D eigenvalue weighted by Crippen LogP contribution is -2.41. The number of halogens is 2. The van der Waals surface area contributed by atoms with Crippen molar-refractivity contribution >= 4 is 58.8 Å². The van der Waals surface area contributed by atoms with Gasteiger partial charge in [-0.05, 0) is 53.0 Å². The monoisotopic (exact) mass is 476 g/mol. The zero-order valence-electron chi connectivity index (χ0n) is 13.4. The highest BCUT2D eigenvalue weighted by molar-refractivity contribution is 9.11. The molecule has 0 N–H and O–H groups in total. The van der Waals surface area contributed by atoms with E-state index in [9.17, 15) is 12.8 Å². The van der Waals surface area contributed by atoms with Crippen LogP contribution in [0, 0.1) is 5.82 Å². The van der Waals surface area contributed by atoms with Crippen molar-refractivity contribution in [1.82, 2.24) is 9.29 Å². The van der Waals surface area contributed by atoms with Crippen LogP contribution in [0.5, 0.6) is 5.19 Å². The van der Waals surface area contributed by atoms with E-state index >= 15 is 0 Å². The van der Waals surface area contributed by atoms with Gasteiger partial charge in [0, 0.05) is 13.1 Å². The minimum atomic E-state index is -3.46. The molecule has 10 heteroatoms. The molecule has 1 aliphatic rings. The fourth-order valence-corrected chi connectivity index (χ4v) is 7.37. The predicted octanol–water partition coefficient (Wildman–Crippen LogP) is 4.49. The minimum absolute atomic E-state index is 0.125. The van der Waals surface area contributed by atoms with Crippen LogP contribution >= 0.6 is 38.6 Å². The predicted molar refractivity (Wildman–Crippen MR) is 104 cm³/mol. The molecule has 0 saturated carbocycles. The number of benzene rings is 1. The van der Waals surface area contributed by atoms with Gasteiger partial charge in [-0.15, -0.1) is 11.3 Å². The Morgan fingerprint density at radius 3 is 2.62 bits per heavy atom. The Kier molecular flexibility index (Phi) is 5.04. The summed E-state index contributed by atoms with van der Waals surface area (Å²) in [6.07, 6.45) is 1.02. The van der Waals surface area contributed by atoms with Gasteiger partial charge in [-0.2, -0.15) is 9.29 Å². The second-order valence-corrected chi connectivity index (χ2v) is 11.5. The first-order valence-electron chi connectivity index (χ1n) is 7.91. The third-order valence-corrected chi connectivity index (χ3v) is 9.06. The molecule has 0 bridgehead atoms. The first-order valence-corrected chi connectivity index (χ1v) is 11.8. The molecule has 0 unspecified atom stereocenters. The van der Waals surface area contributed by atoms with Gasteiger partial charge in [-0.1, -0.05) is 17.4 Å². The molecule has 1 saturated heterocycles. The highest BCUT2D eigenvalue weighted by Crippen LogP contribution is 2.33. The Hall–Kier alpha value is -1.07. The maximum Gasteiger partial charge on any atom is 0.274 e. The molecule has 0 radical (unpaired) electrons. The first kappa shape index (κ1) is 18.3. The van der Waals surface area contributed by atoms with Crippen LogP contribution in [0.15, 0.2) is 38.3 Å². The van der Waals surface area contributed by atoms with Crippen LogP contribution < -0.4 is 4.74 Å². The topological polar surface area (TPSA) is 59.5 Å². The highest BCUT2D eigenvalue weighted by Gasteiger charge is 2.31. The summed E-state index contributed by atoms with van der Waals surface area (Å²) in [5.74, 6) is -0.364. The number of ether oxygens (including phenoxy) is 1. The zero-order chi connectivity index (χ0) is 18.3. The lowest BCUT2D eigenvalue weighted by atomic mass is 10.1. The van der Waals surface area contributed by atoms with Crippen molar-refractivity contribution in [3.05, 3.63) is 39.9 Å². The van der Waals surface area contributed by atoms with Crippen molar-refractivity contribution in [2.75, 3.05) is 13.1 Å². The molecule has 2 aromatic heterocycles. The summed E-state index contributed by atoms with van der Waals surface area (Å²) in [7, 11) is -3.46. The Balaban J connectivity index is 1.42. The lowest BCUT2D eigenvalue weighted by Gasteiger charge is -2.30. The quantitative estimate of drug-likeness (QED) is 0.556. The number of piperidine rings is 1. The first-order chi connectivity index (χ1) is 12.4. The molecule has 1 fully saturated rings. The van der Waals surface area contributed by atoms with E-state index < -0.39 is 10.0 Å². The van der Waals surface area contributed by atoms with E-state index in [1.54, 1.807) is 24.3 Å². The number of hydrogen-bond acceptors (Lipinski definition) is 6. The highest BCUT2D eigenvalue weighted by atomic mass is 79.9. The number of thiazole rings is 1. The second-order valence-electron chi connectivity index (χ2n) is 5.85. The summed E-state index contributed by atoms with van der Waals surface area (Å²) in [6, 6.07) is 8.17. The SMILES string of the molecule is O=S(=O)(c1ccc(Br)s1)N1CCC(Oc2nc3c(F)cccc3s2)CC1. The average Bonchev–Trinajstić information content (AvgIpc) is 3.22. The Morgan fingerprint density at radius 1 is 1.19 bits per heavy atom. The summed E-state index contributed by atoms with van der Waals surface area (Å²) < 4.78 is 48.3. The van der Waals surface area contributed by atoms with E-state index in [1.165, 1.54) is 33.0 Å². The number of nitrogens with zero attached hydrogens (tertiary/aromatic N) is 2. The van der Waals surface area contributed by atoms with Crippen molar-refractivity contribution in [1.29, 1.82) is 0 Å². The van der Waals surface area contributed by atoms with Crippen LogP contribution in [0.2, 0.25) is 0 Å². The van der Waals surface area contributed by atoms with E-state index in [0.29, 0.717) is 40.9 Å². The molecule has 0 amide bonds. The lowest BCUT2D eigenvalue weighted by molar-refractivity contribution is 0.135. The third kappa shape index (κ3) is 3.53. The fourth-order valence-electron chi connectivity index (χ4n) is 2.84. The molecule has 1 aliphatic heterocycles. The molecular weight excluding hydrogens is 463 g/mol. The molecule has 0 spiro atoms. The van der Waals surface area contributed by atoms with Gasteiger partial charge in [0.05, 0.1) is 8.49 Å². The van der Waals surface area contributed by atoms with Gasteiger partial charge in [0.1, 0.15) is 21.6 Å². The molecular formula is C16H14BrFN2O3S3. The maximum atomic E-state index is 13.7.